The fourth-order valence-corrected chi connectivity index (χ4v) is 1.48. The van der Waals surface area contributed by atoms with Crippen molar-refractivity contribution in [3.05, 3.63) is 46.3 Å². The number of carbonyl (C=O) groups excluding carboxylic acids is 1. The van der Waals surface area contributed by atoms with Crippen molar-refractivity contribution in [3.8, 4) is 0 Å². The van der Waals surface area contributed by atoms with Crippen LogP contribution in [0.1, 0.15) is 17.5 Å². The summed E-state index contributed by atoms with van der Waals surface area (Å²) < 4.78 is 22.9. The second-order valence-corrected chi connectivity index (χ2v) is 3.32. The number of fused-ring (bicyclic) bond motifs is 1. The van der Waals surface area contributed by atoms with Crippen molar-refractivity contribution >= 4 is 16.7 Å². The summed E-state index contributed by atoms with van der Waals surface area (Å²) in [4.78, 5) is 22.9. The van der Waals surface area contributed by atoms with Crippen molar-refractivity contribution in [2.45, 2.75) is 6.92 Å². The normalized spacial score (nSPS) is 10.5. The van der Waals surface area contributed by atoms with E-state index in [4.69, 9.17) is 4.42 Å². The molecule has 1 aromatic carbocycles. The van der Waals surface area contributed by atoms with Crippen LogP contribution < -0.4 is 5.63 Å². The molecule has 0 atom stereocenters. The van der Waals surface area contributed by atoms with Gasteiger partial charge in [0.05, 0.1) is 12.0 Å². The lowest BCUT2D eigenvalue weighted by atomic mass is 10.1. The van der Waals surface area contributed by atoms with Crippen LogP contribution in [0.3, 0.4) is 0 Å². The van der Waals surface area contributed by atoms with Crippen LogP contribution in [0.15, 0.2) is 33.5 Å². The largest absolute Gasteiger partial charge is 0.460 e. The number of hydrogen-bond acceptors (Lipinski definition) is 4. The Morgan fingerprint density at radius 2 is 2.18 bits per heavy atom. The van der Waals surface area contributed by atoms with E-state index in [0.717, 1.165) is 0 Å². The molecule has 0 aliphatic rings. The van der Waals surface area contributed by atoms with E-state index >= 15 is 0 Å². The molecule has 5 heteroatoms. The molecule has 88 valence electrons. The highest BCUT2D eigenvalue weighted by Gasteiger charge is 2.14. The van der Waals surface area contributed by atoms with Crippen LogP contribution in [0.5, 0.6) is 0 Å². The van der Waals surface area contributed by atoms with Gasteiger partial charge in [-0.2, -0.15) is 0 Å². The molecule has 0 radical (unpaired) electrons. The Morgan fingerprint density at radius 3 is 2.88 bits per heavy atom. The molecule has 4 nitrogen and oxygen atoms in total. The molecule has 0 spiro atoms. The van der Waals surface area contributed by atoms with Gasteiger partial charge >= 0.3 is 11.6 Å². The number of esters is 1. The van der Waals surface area contributed by atoms with Gasteiger partial charge in [0.1, 0.15) is 5.82 Å². The molecule has 0 N–H and O–H groups in total. The van der Waals surface area contributed by atoms with E-state index < -0.39 is 17.4 Å². The van der Waals surface area contributed by atoms with Gasteiger partial charge in [-0.25, -0.2) is 14.0 Å². The molecular weight excluding hydrogens is 227 g/mol. The van der Waals surface area contributed by atoms with Crippen LogP contribution in [0, 0.1) is 5.82 Å². The first-order valence-corrected chi connectivity index (χ1v) is 5.03. The Labute approximate surface area is 95.6 Å². The summed E-state index contributed by atoms with van der Waals surface area (Å²) in [6.45, 7) is 1.77. The van der Waals surface area contributed by atoms with Crippen molar-refractivity contribution in [3.63, 3.8) is 0 Å². The third-order valence-corrected chi connectivity index (χ3v) is 2.23. The van der Waals surface area contributed by atoms with E-state index in [9.17, 15) is 14.0 Å². The van der Waals surface area contributed by atoms with Crippen LogP contribution in [0.4, 0.5) is 4.39 Å². The molecule has 0 unspecified atom stereocenters. The second-order valence-electron chi connectivity index (χ2n) is 3.32. The van der Waals surface area contributed by atoms with E-state index in [1.54, 1.807) is 6.92 Å². The molecule has 1 aromatic heterocycles. The molecule has 0 aliphatic heterocycles. The van der Waals surface area contributed by atoms with Crippen molar-refractivity contribution in [1.29, 1.82) is 0 Å². The summed E-state index contributed by atoms with van der Waals surface area (Å²) in [5, 5.41) is 0.143. The maximum absolute atomic E-state index is 13.5. The lowest BCUT2D eigenvalue weighted by molar-refractivity contribution is 0.0485. The van der Waals surface area contributed by atoms with Crippen LogP contribution in [0.2, 0.25) is 0 Å². The third-order valence-electron chi connectivity index (χ3n) is 2.23. The van der Waals surface area contributed by atoms with Gasteiger partial charge in [0.25, 0.3) is 0 Å². The summed E-state index contributed by atoms with van der Waals surface area (Å²) in [7, 11) is 0. The topological polar surface area (TPSA) is 56.5 Å². The first-order chi connectivity index (χ1) is 8.13. The zero-order valence-corrected chi connectivity index (χ0v) is 9.03. The average Bonchev–Trinajstić information content (AvgIpc) is 2.30. The minimum Gasteiger partial charge on any atom is -0.460 e. The van der Waals surface area contributed by atoms with Gasteiger partial charge in [-0.15, -0.1) is 0 Å². The van der Waals surface area contributed by atoms with Gasteiger partial charge in [0.2, 0.25) is 5.76 Å². The number of halogens is 1. The van der Waals surface area contributed by atoms with Gasteiger partial charge in [0.15, 0.2) is 0 Å². The molecule has 1 heterocycles. The SMILES string of the molecule is CCOC(=O)c1cc2c(F)cccc2c(=O)o1. The van der Waals surface area contributed by atoms with Gasteiger partial charge in [-0.05, 0) is 25.1 Å². The molecule has 0 bridgehead atoms. The van der Waals surface area contributed by atoms with Gasteiger partial charge in [-0.3, -0.25) is 0 Å². The van der Waals surface area contributed by atoms with Crippen molar-refractivity contribution in [1.82, 2.24) is 0 Å². The number of benzene rings is 1. The zero-order chi connectivity index (χ0) is 12.4. The predicted octanol–water partition coefficient (Wildman–Crippen LogP) is 2.11. The molecule has 17 heavy (non-hydrogen) atoms. The van der Waals surface area contributed by atoms with Crippen LogP contribution in [-0.4, -0.2) is 12.6 Å². The maximum Gasteiger partial charge on any atom is 0.374 e. The van der Waals surface area contributed by atoms with Crippen molar-refractivity contribution in [2.75, 3.05) is 6.61 Å². The quantitative estimate of drug-likeness (QED) is 0.749. The van der Waals surface area contributed by atoms with E-state index in [1.807, 2.05) is 0 Å². The highest BCUT2D eigenvalue weighted by Crippen LogP contribution is 2.16. The monoisotopic (exact) mass is 236 g/mol. The number of hydrogen-bond donors (Lipinski definition) is 0. The number of rotatable bonds is 2. The molecule has 0 aliphatic carbocycles. The standard InChI is InChI=1S/C12H9FO4/c1-2-16-12(15)10-6-8-7(11(14)17-10)4-3-5-9(8)13/h3-6H,2H2,1H3. The van der Waals surface area contributed by atoms with Crippen LogP contribution >= 0.6 is 0 Å². The molecule has 0 saturated carbocycles. The summed E-state index contributed by atoms with van der Waals surface area (Å²) in [6.07, 6.45) is 0. The average molecular weight is 236 g/mol. The first-order valence-electron chi connectivity index (χ1n) is 5.03. The summed E-state index contributed by atoms with van der Waals surface area (Å²) in [5.74, 6) is -1.66. The lowest BCUT2D eigenvalue weighted by Gasteiger charge is -2.02. The molecule has 0 saturated heterocycles. The molecule has 2 rings (SSSR count). The lowest BCUT2D eigenvalue weighted by Crippen LogP contribution is -2.10. The summed E-state index contributed by atoms with van der Waals surface area (Å²) >= 11 is 0. The Hall–Kier alpha value is -2.17. The Kier molecular flexibility index (Phi) is 2.91. The Morgan fingerprint density at radius 1 is 1.41 bits per heavy atom. The van der Waals surface area contributed by atoms with Gasteiger partial charge < -0.3 is 9.15 Å². The first kappa shape index (κ1) is 11.3. The van der Waals surface area contributed by atoms with E-state index in [1.165, 1.54) is 24.3 Å². The summed E-state index contributed by atoms with van der Waals surface area (Å²) in [5.41, 5.74) is -0.759. The fraction of sp³-hybridized carbons (Fsp3) is 0.167. The number of carbonyl (C=O) groups is 1. The molecule has 2 aromatic rings. The minimum atomic E-state index is -0.783. The molecule has 0 amide bonds. The molecule has 0 fully saturated rings. The maximum atomic E-state index is 13.5. The summed E-state index contributed by atoms with van der Waals surface area (Å²) in [6, 6.07) is 5.21. The smallest absolute Gasteiger partial charge is 0.374 e. The van der Waals surface area contributed by atoms with Crippen molar-refractivity contribution < 1.29 is 18.3 Å². The minimum absolute atomic E-state index is 0.0480. The van der Waals surface area contributed by atoms with Crippen LogP contribution in [-0.2, 0) is 4.74 Å². The van der Waals surface area contributed by atoms with Crippen molar-refractivity contribution in [2.24, 2.45) is 0 Å². The predicted molar refractivity (Wildman–Crippen MR) is 58.4 cm³/mol. The van der Waals surface area contributed by atoms with E-state index in [0.29, 0.717) is 0 Å². The van der Waals surface area contributed by atoms with E-state index in [2.05, 4.69) is 4.74 Å². The Balaban J connectivity index is 2.66. The highest BCUT2D eigenvalue weighted by atomic mass is 19.1. The van der Waals surface area contributed by atoms with Gasteiger partial charge in [-0.1, -0.05) is 6.07 Å². The van der Waals surface area contributed by atoms with Gasteiger partial charge in [0, 0.05) is 5.39 Å². The third kappa shape index (κ3) is 2.04. The second kappa shape index (κ2) is 4.37. The van der Waals surface area contributed by atoms with Crippen LogP contribution in [0.25, 0.3) is 10.8 Å². The highest BCUT2D eigenvalue weighted by molar-refractivity contribution is 5.91. The molecular formula is C12H9FO4. The Bertz CT molecular complexity index is 630. The fourth-order valence-electron chi connectivity index (χ4n) is 1.48. The zero-order valence-electron chi connectivity index (χ0n) is 9.03. The number of ether oxygens (including phenoxy) is 1. The van der Waals surface area contributed by atoms with E-state index in [-0.39, 0.29) is 23.1 Å².